The van der Waals surface area contributed by atoms with Crippen molar-refractivity contribution in [3.05, 3.63) is 42.0 Å². The van der Waals surface area contributed by atoms with Gasteiger partial charge in [-0.2, -0.15) is 0 Å². The Balaban J connectivity index is 2.44. The first kappa shape index (κ1) is 10.7. The van der Waals surface area contributed by atoms with Gasteiger partial charge in [0.15, 0.2) is 5.78 Å². The van der Waals surface area contributed by atoms with Crippen LogP contribution in [0.1, 0.15) is 12.0 Å². The minimum absolute atomic E-state index is 0.156. The van der Waals surface area contributed by atoms with Gasteiger partial charge in [-0.3, -0.25) is 4.79 Å². The maximum atomic E-state index is 11.2. The van der Waals surface area contributed by atoms with Gasteiger partial charge in [-0.25, -0.2) is 0 Å². The highest BCUT2D eigenvalue weighted by Gasteiger charge is 1.93. The Morgan fingerprint density at radius 3 is 2.71 bits per heavy atom. The van der Waals surface area contributed by atoms with Gasteiger partial charge in [-0.15, -0.1) is 0 Å². The molecule has 0 aliphatic carbocycles. The van der Waals surface area contributed by atoms with E-state index in [4.69, 9.17) is 0 Å². The summed E-state index contributed by atoms with van der Waals surface area (Å²) in [5.74, 6) is 0.156. The Morgan fingerprint density at radius 1 is 1.36 bits per heavy atom. The first-order chi connectivity index (χ1) is 6.83. The molecule has 1 aromatic rings. The van der Waals surface area contributed by atoms with Crippen LogP contribution in [0.4, 0.5) is 0 Å². The van der Waals surface area contributed by atoms with Crippen molar-refractivity contribution in [2.24, 2.45) is 0 Å². The van der Waals surface area contributed by atoms with Gasteiger partial charge in [-0.1, -0.05) is 36.4 Å². The largest absolute Gasteiger partial charge is 0.319 e. The normalized spacial score (nSPS) is 10.6. The quantitative estimate of drug-likeness (QED) is 0.716. The number of hydrogen-bond acceptors (Lipinski definition) is 2. The van der Waals surface area contributed by atoms with Gasteiger partial charge in [0.1, 0.15) is 0 Å². The Hall–Kier alpha value is -1.41. The maximum Gasteiger partial charge on any atom is 0.156 e. The van der Waals surface area contributed by atoms with Crippen LogP contribution in [-0.4, -0.2) is 19.4 Å². The van der Waals surface area contributed by atoms with E-state index in [0.717, 1.165) is 12.1 Å². The molecule has 0 amide bonds. The summed E-state index contributed by atoms with van der Waals surface area (Å²) >= 11 is 0. The Kier molecular flexibility index (Phi) is 4.65. The standard InChI is InChI=1S/C12H15NO/c1-13-10-9-12(14)8-7-11-5-3-2-4-6-11/h2-8,13H,9-10H2,1H3/b8-7+. The maximum absolute atomic E-state index is 11.2. The average molecular weight is 189 g/mol. The van der Waals surface area contributed by atoms with Crippen molar-refractivity contribution in [3.63, 3.8) is 0 Å². The molecular formula is C12H15NO. The summed E-state index contributed by atoms with van der Waals surface area (Å²) in [6.45, 7) is 0.734. The van der Waals surface area contributed by atoms with Crippen molar-refractivity contribution in [1.82, 2.24) is 5.32 Å². The zero-order chi connectivity index (χ0) is 10.2. The summed E-state index contributed by atoms with van der Waals surface area (Å²) < 4.78 is 0. The van der Waals surface area contributed by atoms with Crippen molar-refractivity contribution in [2.75, 3.05) is 13.6 Å². The van der Waals surface area contributed by atoms with E-state index < -0.39 is 0 Å². The molecule has 0 aromatic heterocycles. The minimum atomic E-state index is 0.156. The van der Waals surface area contributed by atoms with Crippen LogP contribution in [-0.2, 0) is 4.79 Å². The second kappa shape index (κ2) is 6.11. The summed E-state index contributed by atoms with van der Waals surface area (Å²) in [5.41, 5.74) is 1.06. The number of allylic oxidation sites excluding steroid dienone is 1. The highest BCUT2D eigenvalue weighted by Crippen LogP contribution is 2.01. The fourth-order valence-corrected chi connectivity index (χ4v) is 1.08. The van der Waals surface area contributed by atoms with E-state index in [1.807, 2.05) is 43.5 Å². The number of carbonyl (C=O) groups excluding carboxylic acids is 1. The average Bonchev–Trinajstić information content (AvgIpc) is 2.25. The van der Waals surface area contributed by atoms with Gasteiger partial charge < -0.3 is 5.32 Å². The van der Waals surface area contributed by atoms with Crippen LogP contribution in [0.3, 0.4) is 0 Å². The van der Waals surface area contributed by atoms with Crippen molar-refractivity contribution < 1.29 is 4.79 Å². The van der Waals surface area contributed by atoms with Gasteiger partial charge in [0.05, 0.1) is 0 Å². The Labute approximate surface area is 84.6 Å². The third kappa shape index (κ3) is 4.01. The summed E-state index contributed by atoms with van der Waals surface area (Å²) in [4.78, 5) is 11.2. The second-order valence-corrected chi connectivity index (χ2v) is 3.06. The van der Waals surface area contributed by atoms with Gasteiger partial charge in [0.25, 0.3) is 0 Å². The predicted octanol–water partition coefficient (Wildman–Crippen LogP) is 1.88. The summed E-state index contributed by atoms with van der Waals surface area (Å²) in [6, 6.07) is 9.82. The van der Waals surface area contributed by atoms with Gasteiger partial charge >= 0.3 is 0 Å². The first-order valence-electron chi connectivity index (χ1n) is 4.73. The molecule has 0 bridgehead atoms. The zero-order valence-electron chi connectivity index (χ0n) is 8.36. The monoisotopic (exact) mass is 189 g/mol. The van der Waals surface area contributed by atoms with Crippen LogP contribution in [0.2, 0.25) is 0 Å². The van der Waals surface area contributed by atoms with Crippen molar-refractivity contribution >= 4 is 11.9 Å². The predicted molar refractivity (Wildman–Crippen MR) is 59.0 cm³/mol. The van der Waals surface area contributed by atoms with Crippen molar-refractivity contribution in [2.45, 2.75) is 6.42 Å². The lowest BCUT2D eigenvalue weighted by Gasteiger charge is -1.94. The van der Waals surface area contributed by atoms with E-state index in [9.17, 15) is 4.79 Å². The molecule has 0 atom stereocenters. The number of carbonyl (C=O) groups is 1. The highest BCUT2D eigenvalue weighted by atomic mass is 16.1. The minimum Gasteiger partial charge on any atom is -0.319 e. The topological polar surface area (TPSA) is 29.1 Å². The fourth-order valence-electron chi connectivity index (χ4n) is 1.08. The molecule has 0 fully saturated rings. The molecule has 1 N–H and O–H groups in total. The SMILES string of the molecule is CNCCC(=O)/C=C/c1ccccc1. The molecule has 14 heavy (non-hydrogen) atoms. The molecule has 0 aliphatic heterocycles. The smallest absolute Gasteiger partial charge is 0.156 e. The molecule has 0 unspecified atom stereocenters. The number of nitrogens with one attached hydrogen (secondary N) is 1. The van der Waals surface area contributed by atoms with E-state index in [0.29, 0.717) is 6.42 Å². The summed E-state index contributed by atoms with van der Waals surface area (Å²) in [5, 5.41) is 2.94. The summed E-state index contributed by atoms with van der Waals surface area (Å²) in [6.07, 6.45) is 4.03. The molecule has 0 radical (unpaired) electrons. The Morgan fingerprint density at radius 2 is 2.07 bits per heavy atom. The van der Waals surface area contributed by atoms with E-state index in [1.54, 1.807) is 6.08 Å². The molecule has 1 aromatic carbocycles. The molecule has 0 saturated carbocycles. The molecule has 2 heteroatoms. The van der Waals surface area contributed by atoms with E-state index >= 15 is 0 Å². The van der Waals surface area contributed by atoms with Crippen molar-refractivity contribution in [1.29, 1.82) is 0 Å². The molecular weight excluding hydrogens is 174 g/mol. The second-order valence-electron chi connectivity index (χ2n) is 3.06. The number of rotatable bonds is 5. The first-order valence-corrected chi connectivity index (χ1v) is 4.73. The lowest BCUT2D eigenvalue weighted by Crippen LogP contribution is -2.11. The number of hydrogen-bond donors (Lipinski definition) is 1. The molecule has 0 spiro atoms. The summed E-state index contributed by atoms with van der Waals surface area (Å²) in [7, 11) is 1.84. The number of benzene rings is 1. The zero-order valence-corrected chi connectivity index (χ0v) is 8.36. The van der Waals surface area contributed by atoms with E-state index in [-0.39, 0.29) is 5.78 Å². The van der Waals surface area contributed by atoms with E-state index in [2.05, 4.69) is 5.32 Å². The number of ketones is 1. The van der Waals surface area contributed by atoms with Gasteiger partial charge in [0, 0.05) is 13.0 Å². The van der Waals surface area contributed by atoms with Crippen LogP contribution in [0.5, 0.6) is 0 Å². The van der Waals surface area contributed by atoms with Crippen LogP contribution in [0, 0.1) is 0 Å². The van der Waals surface area contributed by atoms with Crippen LogP contribution in [0.25, 0.3) is 6.08 Å². The third-order valence-corrected chi connectivity index (χ3v) is 1.88. The van der Waals surface area contributed by atoms with Crippen LogP contribution in [0.15, 0.2) is 36.4 Å². The lowest BCUT2D eigenvalue weighted by molar-refractivity contribution is -0.114. The third-order valence-electron chi connectivity index (χ3n) is 1.88. The van der Waals surface area contributed by atoms with Gasteiger partial charge in [0.2, 0.25) is 0 Å². The molecule has 0 saturated heterocycles. The molecule has 1 rings (SSSR count). The van der Waals surface area contributed by atoms with E-state index in [1.165, 1.54) is 0 Å². The fraction of sp³-hybridized carbons (Fsp3) is 0.250. The van der Waals surface area contributed by atoms with Crippen LogP contribution < -0.4 is 5.32 Å². The molecule has 74 valence electrons. The molecule has 0 aliphatic rings. The molecule has 2 nitrogen and oxygen atoms in total. The Bertz CT molecular complexity index is 303. The van der Waals surface area contributed by atoms with Crippen molar-refractivity contribution in [3.8, 4) is 0 Å². The van der Waals surface area contributed by atoms with Gasteiger partial charge in [-0.05, 0) is 18.7 Å². The van der Waals surface area contributed by atoms with Crippen LogP contribution >= 0.6 is 0 Å². The highest BCUT2D eigenvalue weighted by molar-refractivity contribution is 5.93. The lowest BCUT2D eigenvalue weighted by atomic mass is 10.2. The molecule has 0 heterocycles.